The first kappa shape index (κ1) is 11.7. The predicted molar refractivity (Wildman–Crippen MR) is 76.4 cm³/mol. The molecular weight excluding hydrogens is 268 g/mol. The van der Waals surface area contributed by atoms with Gasteiger partial charge in [-0.25, -0.2) is 0 Å². The first-order chi connectivity index (χ1) is 10.2. The average molecular weight is 278 g/mol. The van der Waals surface area contributed by atoms with Crippen LogP contribution < -0.4 is 5.56 Å². The molecule has 102 valence electrons. The molecule has 0 amide bonds. The minimum absolute atomic E-state index is 0.235. The van der Waals surface area contributed by atoms with Crippen molar-refractivity contribution in [3.8, 4) is 5.69 Å². The molecule has 0 radical (unpaired) electrons. The Hall–Kier alpha value is -3.09. The van der Waals surface area contributed by atoms with Gasteiger partial charge in [0.25, 0.3) is 11.3 Å². The Balaban J connectivity index is 2.08. The summed E-state index contributed by atoms with van der Waals surface area (Å²) in [6, 6.07) is 11.2. The lowest BCUT2D eigenvalue weighted by Crippen LogP contribution is -2.20. The highest BCUT2D eigenvalue weighted by Crippen LogP contribution is 2.10. The summed E-state index contributed by atoms with van der Waals surface area (Å²) in [6.07, 6.45) is 1.71. The molecule has 3 aromatic heterocycles. The van der Waals surface area contributed by atoms with Crippen LogP contribution in [0.1, 0.15) is 5.82 Å². The second kappa shape index (κ2) is 4.20. The van der Waals surface area contributed by atoms with Crippen LogP contribution in [0.4, 0.5) is 0 Å². The minimum Gasteiger partial charge on any atom is -0.282 e. The molecule has 0 aliphatic carbocycles. The summed E-state index contributed by atoms with van der Waals surface area (Å²) in [5.41, 5.74) is 1.40. The number of rotatable bonds is 1. The van der Waals surface area contributed by atoms with Gasteiger partial charge in [0, 0.05) is 11.9 Å². The van der Waals surface area contributed by atoms with Crippen LogP contribution in [0.3, 0.4) is 0 Å². The van der Waals surface area contributed by atoms with Gasteiger partial charge in [-0.2, -0.15) is 9.50 Å². The molecular formula is C14H10N6O. The number of hydrogen-bond acceptors (Lipinski definition) is 5. The number of para-hydroxylation sites is 1. The van der Waals surface area contributed by atoms with Crippen molar-refractivity contribution in [3.05, 3.63) is 58.8 Å². The van der Waals surface area contributed by atoms with E-state index in [-0.39, 0.29) is 11.1 Å². The predicted octanol–water partition coefficient (Wildman–Crippen LogP) is 1.13. The topological polar surface area (TPSA) is 78.0 Å². The van der Waals surface area contributed by atoms with Crippen molar-refractivity contribution in [1.29, 1.82) is 0 Å². The van der Waals surface area contributed by atoms with E-state index in [0.717, 1.165) is 5.69 Å². The van der Waals surface area contributed by atoms with Crippen LogP contribution in [0.15, 0.2) is 47.4 Å². The van der Waals surface area contributed by atoms with Gasteiger partial charge < -0.3 is 0 Å². The van der Waals surface area contributed by atoms with Gasteiger partial charge in [-0.15, -0.1) is 15.3 Å². The van der Waals surface area contributed by atoms with Crippen molar-refractivity contribution in [1.82, 2.24) is 29.4 Å². The van der Waals surface area contributed by atoms with Crippen molar-refractivity contribution >= 4 is 16.8 Å². The highest BCUT2D eigenvalue weighted by molar-refractivity contribution is 5.74. The zero-order chi connectivity index (χ0) is 14.4. The molecule has 0 bridgehead atoms. The quantitative estimate of drug-likeness (QED) is 0.521. The van der Waals surface area contributed by atoms with Crippen molar-refractivity contribution in [2.45, 2.75) is 6.92 Å². The molecule has 0 aliphatic heterocycles. The molecule has 1 aromatic carbocycles. The smallest absolute Gasteiger partial charge is 0.282 e. The summed E-state index contributed by atoms with van der Waals surface area (Å²) in [4.78, 5) is 16.7. The molecule has 7 nitrogen and oxygen atoms in total. The lowest BCUT2D eigenvalue weighted by atomic mass is 10.3. The number of benzene rings is 1. The summed E-state index contributed by atoms with van der Waals surface area (Å²) in [5, 5.41) is 12.2. The largest absolute Gasteiger partial charge is 0.285 e. The number of aromatic nitrogens is 6. The maximum Gasteiger partial charge on any atom is 0.285 e. The third-order valence-corrected chi connectivity index (χ3v) is 3.24. The Morgan fingerprint density at radius 1 is 1.05 bits per heavy atom. The second-order valence-electron chi connectivity index (χ2n) is 4.63. The zero-order valence-corrected chi connectivity index (χ0v) is 11.1. The van der Waals surface area contributed by atoms with Crippen LogP contribution in [-0.2, 0) is 0 Å². The van der Waals surface area contributed by atoms with E-state index in [1.807, 2.05) is 30.3 Å². The van der Waals surface area contributed by atoms with E-state index in [1.165, 1.54) is 9.08 Å². The van der Waals surface area contributed by atoms with E-state index in [4.69, 9.17) is 0 Å². The van der Waals surface area contributed by atoms with E-state index >= 15 is 0 Å². The van der Waals surface area contributed by atoms with Crippen molar-refractivity contribution in [2.24, 2.45) is 0 Å². The molecule has 0 atom stereocenters. The Morgan fingerprint density at radius 3 is 2.67 bits per heavy atom. The highest BCUT2D eigenvalue weighted by Gasteiger charge is 2.11. The second-order valence-corrected chi connectivity index (χ2v) is 4.63. The molecule has 4 aromatic rings. The van der Waals surface area contributed by atoms with Crippen LogP contribution in [0.2, 0.25) is 0 Å². The van der Waals surface area contributed by atoms with E-state index in [0.29, 0.717) is 17.1 Å². The summed E-state index contributed by atoms with van der Waals surface area (Å²) in [6.45, 7) is 1.77. The Labute approximate surface area is 118 Å². The molecule has 7 heteroatoms. The van der Waals surface area contributed by atoms with Gasteiger partial charge in [0.2, 0.25) is 0 Å². The number of aryl methyl sites for hydroxylation is 1. The molecule has 3 heterocycles. The molecule has 21 heavy (non-hydrogen) atoms. The van der Waals surface area contributed by atoms with Gasteiger partial charge >= 0.3 is 0 Å². The van der Waals surface area contributed by atoms with Crippen molar-refractivity contribution < 1.29 is 0 Å². The van der Waals surface area contributed by atoms with Crippen LogP contribution in [-0.4, -0.2) is 29.4 Å². The Morgan fingerprint density at radius 2 is 1.86 bits per heavy atom. The van der Waals surface area contributed by atoms with Crippen LogP contribution in [0.5, 0.6) is 0 Å². The molecule has 0 unspecified atom stereocenters. The summed E-state index contributed by atoms with van der Waals surface area (Å²) >= 11 is 0. The highest BCUT2D eigenvalue weighted by atomic mass is 16.1. The fourth-order valence-electron chi connectivity index (χ4n) is 2.30. The van der Waals surface area contributed by atoms with Gasteiger partial charge in [0.1, 0.15) is 11.3 Å². The first-order valence-corrected chi connectivity index (χ1v) is 6.41. The summed E-state index contributed by atoms with van der Waals surface area (Å²) < 4.78 is 3.07. The molecule has 4 rings (SSSR count). The molecule has 0 spiro atoms. The normalized spacial score (nSPS) is 11.3. The van der Waals surface area contributed by atoms with E-state index < -0.39 is 0 Å². The van der Waals surface area contributed by atoms with E-state index in [1.54, 1.807) is 19.2 Å². The van der Waals surface area contributed by atoms with E-state index in [2.05, 4.69) is 20.3 Å². The Kier molecular flexibility index (Phi) is 2.34. The first-order valence-electron chi connectivity index (χ1n) is 6.41. The minimum atomic E-state index is -0.235. The SMILES string of the molecule is Cc1nc2nnc3c(=O)n(-c4ccccc4)ccc3n2n1. The summed E-state index contributed by atoms with van der Waals surface area (Å²) in [7, 11) is 0. The average Bonchev–Trinajstić information content (AvgIpc) is 2.89. The lowest BCUT2D eigenvalue weighted by Gasteiger charge is -2.06. The monoisotopic (exact) mass is 278 g/mol. The summed E-state index contributed by atoms with van der Waals surface area (Å²) in [5.74, 6) is 0.973. The third-order valence-electron chi connectivity index (χ3n) is 3.24. The van der Waals surface area contributed by atoms with Gasteiger partial charge in [0.15, 0.2) is 5.52 Å². The third kappa shape index (κ3) is 1.71. The maximum absolute atomic E-state index is 12.6. The number of hydrogen-bond donors (Lipinski definition) is 0. The Bertz CT molecular complexity index is 1020. The van der Waals surface area contributed by atoms with Gasteiger partial charge in [-0.1, -0.05) is 18.2 Å². The zero-order valence-electron chi connectivity index (χ0n) is 11.1. The molecule has 0 aliphatic rings. The lowest BCUT2D eigenvalue weighted by molar-refractivity contribution is 0.905. The number of nitrogens with zero attached hydrogens (tertiary/aromatic N) is 6. The van der Waals surface area contributed by atoms with Crippen LogP contribution in [0.25, 0.3) is 22.5 Å². The number of pyridine rings is 1. The molecule has 0 fully saturated rings. The van der Waals surface area contributed by atoms with E-state index in [9.17, 15) is 4.79 Å². The van der Waals surface area contributed by atoms with Crippen LogP contribution in [0, 0.1) is 6.92 Å². The van der Waals surface area contributed by atoms with Gasteiger partial charge in [-0.05, 0) is 25.1 Å². The van der Waals surface area contributed by atoms with Gasteiger partial charge in [0.05, 0.1) is 0 Å². The standard InChI is InChI=1S/C14H10N6O/c1-9-15-14-17-16-12-11(20(14)18-9)7-8-19(13(12)21)10-5-3-2-4-6-10/h2-8H,1H3. The molecule has 0 N–H and O–H groups in total. The van der Waals surface area contributed by atoms with Crippen molar-refractivity contribution in [2.75, 3.05) is 0 Å². The molecule has 0 saturated heterocycles. The fourth-order valence-corrected chi connectivity index (χ4v) is 2.30. The molecule has 0 saturated carbocycles. The number of fused-ring (bicyclic) bond motifs is 3. The fraction of sp³-hybridized carbons (Fsp3) is 0.0714. The van der Waals surface area contributed by atoms with Crippen molar-refractivity contribution in [3.63, 3.8) is 0 Å². The van der Waals surface area contributed by atoms with Gasteiger partial charge in [-0.3, -0.25) is 9.36 Å². The maximum atomic E-state index is 12.6. The van der Waals surface area contributed by atoms with Crippen LogP contribution >= 0.6 is 0 Å².